The lowest BCUT2D eigenvalue weighted by atomic mass is 10.1. The smallest absolute Gasteiger partial charge is 0.402 e. The zero-order valence-electron chi connectivity index (χ0n) is 10.6. The molecule has 1 rings (SSSR count). The third-order valence-electron chi connectivity index (χ3n) is 2.61. The minimum atomic E-state index is -4.40. The van der Waals surface area contributed by atoms with Gasteiger partial charge in [-0.3, -0.25) is 4.99 Å². The average Bonchev–Trinajstić information content (AvgIpc) is 2.34. The van der Waals surface area contributed by atoms with E-state index in [2.05, 4.69) is 4.99 Å². The standard InChI is InChI=1S/C13H14ClF3N2/c1-8(9(2)18)12(14)19-7-10-5-3-4-6-11(10)13(15,16)17/h3-6H,7,18H2,1-2H3/b9-8-,19-12?. The molecule has 0 saturated carbocycles. The van der Waals surface area contributed by atoms with Gasteiger partial charge in [0.15, 0.2) is 0 Å². The number of benzene rings is 1. The Kier molecular flexibility index (Phi) is 5.00. The first-order valence-corrected chi connectivity index (χ1v) is 5.89. The number of hydrogen-bond acceptors (Lipinski definition) is 2. The number of nitrogens with zero attached hydrogens (tertiary/aromatic N) is 1. The lowest BCUT2D eigenvalue weighted by Gasteiger charge is -2.11. The molecule has 0 aliphatic rings. The molecule has 2 nitrogen and oxygen atoms in total. The fraction of sp³-hybridized carbons (Fsp3) is 0.308. The van der Waals surface area contributed by atoms with Crippen molar-refractivity contribution in [3.63, 3.8) is 0 Å². The Labute approximate surface area is 114 Å². The molecule has 0 aromatic heterocycles. The molecule has 104 valence electrons. The molecule has 0 spiro atoms. The molecule has 0 unspecified atom stereocenters. The van der Waals surface area contributed by atoms with Gasteiger partial charge in [0.1, 0.15) is 5.17 Å². The third kappa shape index (κ3) is 4.28. The predicted molar refractivity (Wildman–Crippen MR) is 71.0 cm³/mol. The zero-order chi connectivity index (χ0) is 14.6. The largest absolute Gasteiger partial charge is 0.416 e. The first-order chi connectivity index (χ1) is 8.73. The second-order valence-electron chi connectivity index (χ2n) is 4.07. The summed E-state index contributed by atoms with van der Waals surface area (Å²) in [7, 11) is 0. The number of halogens is 4. The molecule has 0 aliphatic heterocycles. The van der Waals surface area contributed by atoms with E-state index >= 15 is 0 Å². The van der Waals surface area contributed by atoms with Crippen LogP contribution in [-0.2, 0) is 12.7 Å². The molecule has 1 aromatic rings. The Morgan fingerprint density at radius 3 is 2.37 bits per heavy atom. The molecule has 0 bridgehead atoms. The van der Waals surface area contributed by atoms with Crippen LogP contribution in [0.5, 0.6) is 0 Å². The van der Waals surface area contributed by atoms with Crippen LogP contribution in [-0.4, -0.2) is 5.17 Å². The van der Waals surface area contributed by atoms with Gasteiger partial charge in [0, 0.05) is 11.3 Å². The number of nitrogens with two attached hydrogens (primary N) is 1. The highest BCUT2D eigenvalue weighted by Crippen LogP contribution is 2.32. The van der Waals surface area contributed by atoms with Gasteiger partial charge >= 0.3 is 6.18 Å². The summed E-state index contributed by atoms with van der Waals surface area (Å²) in [5, 5.41) is 0.122. The van der Waals surface area contributed by atoms with Crippen LogP contribution < -0.4 is 5.73 Å². The van der Waals surface area contributed by atoms with Crippen LogP contribution in [0.15, 0.2) is 40.5 Å². The van der Waals surface area contributed by atoms with Crippen molar-refractivity contribution in [1.82, 2.24) is 0 Å². The van der Waals surface area contributed by atoms with E-state index in [-0.39, 0.29) is 17.3 Å². The summed E-state index contributed by atoms with van der Waals surface area (Å²) in [5.74, 6) is 0. The fourth-order valence-corrected chi connectivity index (χ4v) is 1.58. The zero-order valence-corrected chi connectivity index (χ0v) is 11.3. The molecule has 0 aliphatic carbocycles. The van der Waals surface area contributed by atoms with E-state index < -0.39 is 11.7 Å². The van der Waals surface area contributed by atoms with Gasteiger partial charge in [-0.1, -0.05) is 29.8 Å². The van der Waals surface area contributed by atoms with Gasteiger partial charge in [0.05, 0.1) is 12.1 Å². The van der Waals surface area contributed by atoms with Crippen molar-refractivity contribution >= 4 is 16.8 Å². The number of hydrogen-bond donors (Lipinski definition) is 1. The van der Waals surface area contributed by atoms with Gasteiger partial charge in [-0.25, -0.2) is 0 Å². The molecule has 2 N–H and O–H groups in total. The van der Waals surface area contributed by atoms with Crippen LogP contribution in [0.25, 0.3) is 0 Å². The van der Waals surface area contributed by atoms with Crippen LogP contribution in [0.3, 0.4) is 0 Å². The van der Waals surface area contributed by atoms with Crippen LogP contribution in [0.1, 0.15) is 25.0 Å². The molecule has 0 saturated heterocycles. The topological polar surface area (TPSA) is 38.4 Å². The first-order valence-electron chi connectivity index (χ1n) is 5.52. The van der Waals surface area contributed by atoms with Crippen molar-refractivity contribution in [2.45, 2.75) is 26.6 Å². The van der Waals surface area contributed by atoms with Crippen LogP contribution in [0.4, 0.5) is 13.2 Å². The lowest BCUT2D eigenvalue weighted by molar-refractivity contribution is -0.138. The maximum atomic E-state index is 12.7. The molecule has 1 aromatic carbocycles. The molecule has 19 heavy (non-hydrogen) atoms. The lowest BCUT2D eigenvalue weighted by Crippen LogP contribution is -2.09. The summed E-state index contributed by atoms with van der Waals surface area (Å²) in [6.07, 6.45) is -4.40. The Balaban J connectivity index is 3.03. The molecule has 6 heteroatoms. The SMILES string of the molecule is C/C(N)=C(\C)C(Cl)=NCc1ccccc1C(F)(F)F. The number of rotatable bonds is 3. The van der Waals surface area contributed by atoms with Gasteiger partial charge in [0.2, 0.25) is 0 Å². The Bertz CT molecular complexity index is 515. The second kappa shape index (κ2) is 6.10. The van der Waals surface area contributed by atoms with Gasteiger partial charge in [0.25, 0.3) is 0 Å². The summed E-state index contributed by atoms with van der Waals surface area (Å²) >= 11 is 5.87. The highest BCUT2D eigenvalue weighted by atomic mass is 35.5. The maximum Gasteiger partial charge on any atom is 0.416 e. The van der Waals surface area contributed by atoms with E-state index in [0.717, 1.165) is 6.07 Å². The number of aliphatic imine (C=N–C) groups is 1. The minimum absolute atomic E-state index is 0.0793. The van der Waals surface area contributed by atoms with E-state index in [1.54, 1.807) is 13.8 Å². The third-order valence-corrected chi connectivity index (χ3v) is 3.01. The first kappa shape index (κ1) is 15.6. The van der Waals surface area contributed by atoms with E-state index in [4.69, 9.17) is 17.3 Å². The van der Waals surface area contributed by atoms with Gasteiger partial charge in [-0.2, -0.15) is 13.2 Å². The highest BCUT2D eigenvalue weighted by molar-refractivity contribution is 6.69. The number of alkyl halides is 3. The molecular formula is C13H14ClF3N2. The van der Waals surface area contributed by atoms with Crippen molar-refractivity contribution in [3.05, 3.63) is 46.7 Å². The molecular weight excluding hydrogens is 277 g/mol. The predicted octanol–water partition coefficient (Wildman–Crippen LogP) is 4.10. The van der Waals surface area contributed by atoms with Gasteiger partial charge in [-0.05, 0) is 25.5 Å². The molecule has 0 heterocycles. The molecule has 0 fully saturated rings. The van der Waals surface area contributed by atoms with Crippen LogP contribution >= 0.6 is 11.6 Å². The van der Waals surface area contributed by atoms with Gasteiger partial charge in [-0.15, -0.1) is 0 Å². The molecule has 0 amide bonds. The van der Waals surface area contributed by atoms with E-state index in [9.17, 15) is 13.2 Å². The van der Waals surface area contributed by atoms with E-state index in [1.807, 2.05) is 0 Å². The normalized spacial score (nSPS) is 14.3. The van der Waals surface area contributed by atoms with Crippen LogP contribution in [0, 0.1) is 0 Å². The fourth-order valence-electron chi connectivity index (χ4n) is 1.37. The minimum Gasteiger partial charge on any atom is -0.402 e. The summed E-state index contributed by atoms with van der Waals surface area (Å²) in [4.78, 5) is 3.93. The van der Waals surface area contributed by atoms with Crippen molar-refractivity contribution in [3.8, 4) is 0 Å². The summed E-state index contributed by atoms with van der Waals surface area (Å²) in [6.45, 7) is 3.17. The van der Waals surface area contributed by atoms with E-state index in [0.29, 0.717) is 11.3 Å². The highest BCUT2D eigenvalue weighted by Gasteiger charge is 2.32. The molecule has 0 radical (unpaired) electrons. The van der Waals surface area contributed by atoms with E-state index in [1.165, 1.54) is 18.2 Å². The number of allylic oxidation sites excluding steroid dienone is 2. The van der Waals surface area contributed by atoms with Gasteiger partial charge < -0.3 is 5.73 Å². The van der Waals surface area contributed by atoms with Crippen molar-refractivity contribution < 1.29 is 13.2 Å². The van der Waals surface area contributed by atoms with Crippen molar-refractivity contribution in [1.29, 1.82) is 0 Å². The Morgan fingerprint density at radius 1 is 1.26 bits per heavy atom. The van der Waals surface area contributed by atoms with Crippen molar-refractivity contribution in [2.24, 2.45) is 10.7 Å². The summed E-state index contributed by atoms with van der Waals surface area (Å²) in [6, 6.07) is 5.28. The summed E-state index contributed by atoms with van der Waals surface area (Å²) < 4.78 is 38.2. The average molecular weight is 291 g/mol. The monoisotopic (exact) mass is 290 g/mol. The summed E-state index contributed by atoms with van der Waals surface area (Å²) in [5.41, 5.74) is 5.96. The van der Waals surface area contributed by atoms with Crippen molar-refractivity contribution in [2.75, 3.05) is 0 Å². The Hall–Kier alpha value is -1.49. The second-order valence-corrected chi connectivity index (χ2v) is 4.43. The molecule has 0 atom stereocenters. The quantitative estimate of drug-likeness (QED) is 0.836. The maximum absolute atomic E-state index is 12.7. The Morgan fingerprint density at radius 2 is 1.84 bits per heavy atom. The van der Waals surface area contributed by atoms with Crippen LogP contribution in [0.2, 0.25) is 0 Å².